The van der Waals surface area contributed by atoms with E-state index in [9.17, 15) is 9.59 Å². The number of aromatic nitrogens is 1. The normalized spacial score (nSPS) is 14.3. The molecule has 162 valence electrons. The Morgan fingerprint density at radius 2 is 1.91 bits per heavy atom. The van der Waals surface area contributed by atoms with Crippen LogP contribution in [0.4, 0.5) is 0 Å². The summed E-state index contributed by atoms with van der Waals surface area (Å²) in [6.07, 6.45) is 3.66. The molecule has 2 N–H and O–H groups in total. The van der Waals surface area contributed by atoms with E-state index in [-0.39, 0.29) is 17.9 Å². The van der Waals surface area contributed by atoms with Crippen molar-refractivity contribution in [3.05, 3.63) is 77.1 Å². The zero-order valence-electron chi connectivity index (χ0n) is 17.6. The van der Waals surface area contributed by atoms with Gasteiger partial charge in [-0.1, -0.05) is 36.4 Å². The Morgan fingerprint density at radius 3 is 2.69 bits per heavy atom. The number of carbonyl (C=O) groups excluding carboxylic acids is 2. The average molecular weight is 446 g/mol. The lowest BCUT2D eigenvalue weighted by molar-refractivity contribution is 0.0901. The van der Waals surface area contributed by atoms with Crippen LogP contribution in [0.25, 0.3) is 21.4 Å². The molecule has 1 saturated carbocycles. The van der Waals surface area contributed by atoms with Gasteiger partial charge in [0.05, 0.1) is 21.7 Å². The first kappa shape index (κ1) is 20.5. The molecule has 32 heavy (non-hydrogen) atoms. The summed E-state index contributed by atoms with van der Waals surface area (Å²) in [4.78, 5) is 31.3. The van der Waals surface area contributed by atoms with Crippen molar-refractivity contribution in [2.24, 2.45) is 5.92 Å². The first-order valence-corrected chi connectivity index (χ1v) is 11.5. The van der Waals surface area contributed by atoms with Crippen LogP contribution < -0.4 is 10.6 Å². The van der Waals surface area contributed by atoms with Gasteiger partial charge < -0.3 is 15.1 Å². The smallest absolute Gasteiger partial charge is 0.271 e. The van der Waals surface area contributed by atoms with Crippen LogP contribution in [0.5, 0.6) is 0 Å². The molecule has 0 spiro atoms. The number of aryl methyl sites for hydroxylation is 1. The second-order valence-corrected chi connectivity index (χ2v) is 9.25. The predicted octanol–water partition coefficient (Wildman–Crippen LogP) is 4.80. The first-order valence-electron chi connectivity index (χ1n) is 10.7. The monoisotopic (exact) mass is 445 g/mol. The van der Waals surface area contributed by atoms with Crippen LogP contribution in [0.3, 0.4) is 0 Å². The molecule has 0 saturated heterocycles. The summed E-state index contributed by atoms with van der Waals surface area (Å²) >= 11 is 1.51. The first-order chi connectivity index (χ1) is 15.6. The SMILES string of the molecule is Cc1nc(C(=O)NC(CNC(=O)c2cccc3occc23)C2CC2)c(-c2ccccc2)s1. The number of nitrogens with zero attached hydrogens (tertiary/aromatic N) is 1. The summed E-state index contributed by atoms with van der Waals surface area (Å²) in [6.45, 7) is 2.27. The van der Waals surface area contributed by atoms with E-state index in [1.807, 2.05) is 43.3 Å². The Hall–Kier alpha value is -3.45. The third-order valence-corrected chi connectivity index (χ3v) is 6.74. The van der Waals surface area contributed by atoms with E-state index in [1.54, 1.807) is 24.5 Å². The minimum atomic E-state index is -0.198. The average Bonchev–Trinajstić information content (AvgIpc) is 3.40. The molecular weight excluding hydrogens is 422 g/mol. The molecule has 5 rings (SSSR count). The third-order valence-electron chi connectivity index (χ3n) is 5.72. The minimum Gasteiger partial charge on any atom is -0.464 e. The van der Waals surface area contributed by atoms with E-state index in [4.69, 9.17) is 4.42 Å². The van der Waals surface area contributed by atoms with Crippen molar-refractivity contribution >= 4 is 34.1 Å². The van der Waals surface area contributed by atoms with Crippen molar-refractivity contribution in [3.8, 4) is 10.4 Å². The zero-order valence-corrected chi connectivity index (χ0v) is 18.4. The summed E-state index contributed by atoms with van der Waals surface area (Å²) < 4.78 is 5.39. The Morgan fingerprint density at radius 1 is 1.09 bits per heavy atom. The van der Waals surface area contributed by atoms with Crippen molar-refractivity contribution in [3.63, 3.8) is 0 Å². The Bertz CT molecular complexity index is 1270. The molecule has 2 aromatic carbocycles. The van der Waals surface area contributed by atoms with Gasteiger partial charge in [-0.3, -0.25) is 9.59 Å². The fraction of sp³-hybridized carbons (Fsp3) is 0.240. The number of fused-ring (bicyclic) bond motifs is 1. The second-order valence-electron chi connectivity index (χ2n) is 8.04. The van der Waals surface area contributed by atoms with E-state index < -0.39 is 0 Å². The van der Waals surface area contributed by atoms with Crippen LogP contribution in [0.1, 0.15) is 38.7 Å². The lowest BCUT2D eigenvalue weighted by atomic mass is 10.1. The predicted molar refractivity (Wildman–Crippen MR) is 125 cm³/mol. The number of nitrogens with one attached hydrogen (secondary N) is 2. The van der Waals surface area contributed by atoms with Gasteiger partial charge in [-0.25, -0.2) is 4.98 Å². The molecular formula is C25H23N3O3S. The number of furan rings is 1. The third kappa shape index (κ3) is 4.16. The van der Waals surface area contributed by atoms with Gasteiger partial charge in [-0.05, 0) is 49.4 Å². The van der Waals surface area contributed by atoms with Crippen molar-refractivity contribution < 1.29 is 14.0 Å². The highest BCUT2D eigenvalue weighted by molar-refractivity contribution is 7.15. The number of thiazole rings is 1. The van der Waals surface area contributed by atoms with Crippen LogP contribution in [0, 0.1) is 12.8 Å². The molecule has 1 unspecified atom stereocenters. The van der Waals surface area contributed by atoms with E-state index in [2.05, 4.69) is 15.6 Å². The molecule has 1 atom stereocenters. The van der Waals surface area contributed by atoms with Gasteiger partial charge in [-0.15, -0.1) is 11.3 Å². The van der Waals surface area contributed by atoms with Gasteiger partial charge in [-0.2, -0.15) is 0 Å². The molecule has 1 aliphatic carbocycles. The summed E-state index contributed by atoms with van der Waals surface area (Å²) in [6, 6.07) is 16.9. The van der Waals surface area contributed by atoms with Gasteiger partial charge in [0.1, 0.15) is 11.3 Å². The second kappa shape index (κ2) is 8.59. The lowest BCUT2D eigenvalue weighted by Gasteiger charge is -2.19. The van der Waals surface area contributed by atoms with E-state index in [1.165, 1.54) is 11.3 Å². The quantitative estimate of drug-likeness (QED) is 0.428. The Labute approximate surface area is 189 Å². The number of benzene rings is 2. The minimum absolute atomic E-state index is 0.138. The fourth-order valence-electron chi connectivity index (χ4n) is 3.93. The maximum atomic E-state index is 13.2. The summed E-state index contributed by atoms with van der Waals surface area (Å²) in [5, 5.41) is 7.75. The highest BCUT2D eigenvalue weighted by Crippen LogP contribution is 2.34. The Kier molecular flexibility index (Phi) is 5.49. The molecule has 2 aromatic heterocycles. The summed E-state index contributed by atoms with van der Waals surface area (Å²) in [5.41, 5.74) is 2.67. The highest BCUT2D eigenvalue weighted by atomic mass is 32.1. The fourth-order valence-corrected chi connectivity index (χ4v) is 4.85. The van der Waals surface area contributed by atoms with Gasteiger partial charge in [0, 0.05) is 18.0 Å². The number of amides is 2. The Balaban J connectivity index is 1.30. The highest BCUT2D eigenvalue weighted by Gasteiger charge is 2.34. The largest absolute Gasteiger partial charge is 0.464 e. The maximum absolute atomic E-state index is 13.2. The van der Waals surface area contributed by atoms with Gasteiger partial charge >= 0.3 is 0 Å². The van der Waals surface area contributed by atoms with Crippen LogP contribution in [0.15, 0.2) is 65.3 Å². The number of hydrogen-bond acceptors (Lipinski definition) is 5. The molecule has 4 aromatic rings. The summed E-state index contributed by atoms with van der Waals surface area (Å²) in [7, 11) is 0. The molecule has 2 amide bonds. The van der Waals surface area contributed by atoms with E-state index in [0.717, 1.165) is 33.7 Å². The topological polar surface area (TPSA) is 84.2 Å². The van der Waals surface area contributed by atoms with E-state index >= 15 is 0 Å². The number of rotatable bonds is 7. The molecule has 0 bridgehead atoms. The van der Waals surface area contributed by atoms with Crippen molar-refractivity contribution in [2.75, 3.05) is 6.54 Å². The van der Waals surface area contributed by atoms with Gasteiger partial charge in [0.25, 0.3) is 11.8 Å². The van der Waals surface area contributed by atoms with Crippen LogP contribution >= 0.6 is 11.3 Å². The molecule has 1 aliphatic rings. The van der Waals surface area contributed by atoms with Gasteiger partial charge in [0.2, 0.25) is 0 Å². The standard InChI is InChI=1S/C25H23N3O3S/c1-15-27-22(23(32-15)17-6-3-2-4-7-17)25(30)28-20(16-10-11-16)14-26-24(29)19-8-5-9-21-18(19)12-13-31-21/h2-9,12-13,16,20H,10-11,14H2,1H3,(H,26,29)(H,28,30). The number of hydrogen-bond donors (Lipinski definition) is 2. The number of carbonyl (C=O) groups is 2. The van der Waals surface area contributed by atoms with Crippen molar-refractivity contribution in [1.29, 1.82) is 0 Å². The molecule has 1 fully saturated rings. The molecule has 0 radical (unpaired) electrons. The van der Waals surface area contributed by atoms with Crippen molar-refractivity contribution in [2.45, 2.75) is 25.8 Å². The van der Waals surface area contributed by atoms with Crippen LogP contribution in [-0.4, -0.2) is 29.4 Å². The molecule has 0 aliphatic heterocycles. The molecule has 6 nitrogen and oxygen atoms in total. The zero-order chi connectivity index (χ0) is 22.1. The van der Waals surface area contributed by atoms with Crippen LogP contribution in [0.2, 0.25) is 0 Å². The molecule has 7 heteroatoms. The maximum Gasteiger partial charge on any atom is 0.271 e. The summed E-state index contributed by atoms with van der Waals surface area (Å²) in [5.74, 6) is -0.00783. The van der Waals surface area contributed by atoms with E-state index in [0.29, 0.717) is 29.3 Å². The lowest BCUT2D eigenvalue weighted by Crippen LogP contribution is -2.45. The van der Waals surface area contributed by atoms with Crippen molar-refractivity contribution in [1.82, 2.24) is 15.6 Å². The van der Waals surface area contributed by atoms with Crippen LogP contribution in [-0.2, 0) is 0 Å². The molecule has 2 heterocycles. The van der Waals surface area contributed by atoms with Gasteiger partial charge in [0.15, 0.2) is 0 Å².